The Balaban J connectivity index is 1.68. The zero-order valence-corrected chi connectivity index (χ0v) is 12.9. The summed E-state index contributed by atoms with van der Waals surface area (Å²) >= 11 is 0. The van der Waals surface area contributed by atoms with Crippen molar-refractivity contribution in [3.63, 3.8) is 0 Å². The van der Waals surface area contributed by atoms with Crippen LogP contribution in [0.4, 0.5) is 5.69 Å². The SMILES string of the molecule is O=C1C[C@H]2c3ccccc3[C@@H]1[C@@H]1C(=O)N(c3ccccc3)C(=O)[C@H]12. The molecule has 118 valence electrons. The molecule has 0 spiro atoms. The van der Waals surface area contributed by atoms with E-state index >= 15 is 0 Å². The van der Waals surface area contributed by atoms with Crippen molar-refractivity contribution >= 4 is 23.3 Å². The van der Waals surface area contributed by atoms with Crippen LogP contribution >= 0.6 is 0 Å². The Morgan fingerprint density at radius 3 is 2.12 bits per heavy atom. The molecule has 4 aliphatic rings. The normalized spacial score (nSPS) is 30.5. The first-order chi connectivity index (χ1) is 11.7. The fourth-order valence-electron chi connectivity index (χ4n) is 4.79. The number of benzene rings is 2. The van der Waals surface area contributed by atoms with Crippen LogP contribution in [0.1, 0.15) is 29.4 Å². The summed E-state index contributed by atoms with van der Waals surface area (Å²) in [6.07, 6.45) is 0.366. The van der Waals surface area contributed by atoms with Crippen LogP contribution in [0.15, 0.2) is 54.6 Å². The van der Waals surface area contributed by atoms with Crippen LogP contribution in [0.3, 0.4) is 0 Å². The van der Waals surface area contributed by atoms with Gasteiger partial charge >= 0.3 is 0 Å². The molecule has 0 radical (unpaired) electrons. The van der Waals surface area contributed by atoms with Crippen molar-refractivity contribution in [1.29, 1.82) is 0 Å². The van der Waals surface area contributed by atoms with E-state index in [1.807, 2.05) is 42.5 Å². The van der Waals surface area contributed by atoms with Crippen LogP contribution in [0.5, 0.6) is 0 Å². The number of para-hydroxylation sites is 1. The quantitative estimate of drug-likeness (QED) is 0.760. The molecule has 1 aliphatic heterocycles. The lowest BCUT2D eigenvalue weighted by Gasteiger charge is -2.43. The van der Waals surface area contributed by atoms with E-state index in [4.69, 9.17) is 0 Å². The highest BCUT2D eigenvalue weighted by molar-refractivity contribution is 6.24. The fourth-order valence-corrected chi connectivity index (χ4v) is 4.79. The zero-order valence-electron chi connectivity index (χ0n) is 12.9. The molecule has 4 nitrogen and oxygen atoms in total. The van der Waals surface area contributed by atoms with Gasteiger partial charge in [-0.25, -0.2) is 0 Å². The largest absolute Gasteiger partial charge is 0.299 e. The third-order valence-electron chi connectivity index (χ3n) is 5.70. The van der Waals surface area contributed by atoms with E-state index in [0.29, 0.717) is 12.1 Å². The van der Waals surface area contributed by atoms with Crippen molar-refractivity contribution in [1.82, 2.24) is 0 Å². The number of fused-ring (bicyclic) bond motifs is 1. The summed E-state index contributed by atoms with van der Waals surface area (Å²) in [7, 11) is 0. The maximum atomic E-state index is 13.1. The van der Waals surface area contributed by atoms with Gasteiger partial charge < -0.3 is 0 Å². The summed E-state index contributed by atoms with van der Waals surface area (Å²) in [6.45, 7) is 0. The molecule has 1 saturated heterocycles. The van der Waals surface area contributed by atoms with Crippen molar-refractivity contribution in [3.05, 3.63) is 65.7 Å². The summed E-state index contributed by atoms with van der Waals surface area (Å²) in [5.41, 5.74) is 2.60. The smallest absolute Gasteiger partial charge is 0.238 e. The van der Waals surface area contributed by atoms with E-state index in [1.54, 1.807) is 12.1 Å². The van der Waals surface area contributed by atoms with Gasteiger partial charge in [0.25, 0.3) is 0 Å². The van der Waals surface area contributed by atoms with Crippen LogP contribution < -0.4 is 4.90 Å². The van der Waals surface area contributed by atoms with Gasteiger partial charge in [0.05, 0.1) is 23.4 Å². The second kappa shape index (κ2) is 4.63. The van der Waals surface area contributed by atoms with Gasteiger partial charge in [-0.15, -0.1) is 0 Å². The molecule has 4 heteroatoms. The average molecular weight is 317 g/mol. The molecule has 2 fully saturated rings. The predicted molar refractivity (Wildman–Crippen MR) is 87.5 cm³/mol. The first-order valence-corrected chi connectivity index (χ1v) is 8.23. The summed E-state index contributed by atoms with van der Waals surface area (Å²) in [6, 6.07) is 16.8. The van der Waals surface area contributed by atoms with Gasteiger partial charge in [-0.3, -0.25) is 19.3 Å². The molecule has 2 amide bonds. The van der Waals surface area contributed by atoms with Crippen LogP contribution in [0.25, 0.3) is 0 Å². The van der Waals surface area contributed by atoms with Crippen molar-refractivity contribution in [2.24, 2.45) is 11.8 Å². The van der Waals surface area contributed by atoms with Gasteiger partial charge in [0.2, 0.25) is 11.8 Å². The Bertz CT molecular complexity index is 889. The number of imide groups is 1. The standard InChI is InChI=1S/C20H15NO3/c22-15-10-14-12-8-4-5-9-13(12)16(15)18-17(14)19(23)21(20(18)24)11-6-2-1-3-7-11/h1-9,14,16-18H,10H2/t14-,16-,17-,18-/m0/s1. The van der Waals surface area contributed by atoms with Gasteiger partial charge in [-0.2, -0.15) is 0 Å². The lowest BCUT2D eigenvalue weighted by Crippen LogP contribution is -2.44. The first-order valence-electron chi connectivity index (χ1n) is 8.23. The van der Waals surface area contributed by atoms with E-state index in [2.05, 4.69) is 0 Å². The lowest BCUT2D eigenvalue weighted by atomic mass is 9.56. The Morgan fingerprint density at radius 1 is 0.750 bits per heavy atom. The van der Waals surface area contributed by atoms with Crippen LogP contribution in [0.2, 0.25) is 0 Å². The minimum atomic E-state index is -0.543. The molecule has 6 rings (SSSR count). The Labute approximate surface area is 139 Å². The average Bonchev–Trinajstić information content (AvgIpc) is 2.88. The monoisotopic (exact) mass is 317 g/mol. The molecule has 3 aliphatic carbocycles. The molecule has 24 heavy (non-hydrogen) atoms. The number of Topliss-reactive ketones (excluding diaryl/α,β-unsaturated/α-hetero) is 1. The van der Waals surface area contributed by atoms with Gasteiger partial charge in [0.1, 0.15) is 5.78 Å². The molecule has 1 saturated carbocycles. The third kappa shape index (κ3) is 1.55. The minimum absolute atomic E-state index is 0.0935. The third-order valence-corrected chi connectivity index (χ3v) is 5.70. The fraction of sp³-hybridized carbons (Fsp3) is 0.250. The van der Waals surface area contributed by atoms with Crippen LogP contribution in [-0.4, -0.2) is 17.6 Å². The summed E-state index contributed by atoms with van der Waals surface area (Å²) in [4.78, 5) is 40.0. The van der Waals surface area contributed by atoms with Crippen molar-refractivity contribution in [3.8, 4) is 0 Å². The highest BCUT2D eigenvalue weighted by Gasteiger charge is 2.62. The number of rotatable bonds is 1. The van der Waals surface area contributed by atoms with Gasteiger partial charge in [-0.05, 0) is 23.3 Å². The number of anilines is 1. The Hall–Kier alpha value is -2.75. The van der Waals surface area contributed by atoms with E-state index < -0.39 is 17.8 Å². The number of carbonyl (C=O) groups is 3. The molecule has 4 atom stereocenters. The van der Waals surface area contributed by atoms with Crippen LogP contribution in [0, 0.1) is 11.8 Å². The van der Waals surface area contributed by atoms with E-state index in [-0.39, 0.29) is 23.5 Å². The molecule has 0 aromatic heterocycles. The molecule has 2 aromatic rings. The Kier molecular flexibility index (Phi) is 2.64. The van der Waals surface area contributed by atoms with Crippen LogP contribution in [-0.2, 0) is 14.4 Å². The summed E-state index contributed by atoms with van der Waals surface area (Å²) in [5, 5.41) is 0. The topological polar surface area (TPSA) is 54.5 Å². The first kappa shape index (κ1) is 13.7. The van der Waals surface area contributed by atoms with Crippen molar-refractivity contribution in [2.45, 2.75) is 18.3 Å². The number of nitrogens with zero attached hydrogens (tertiary/aromatic N) is 1. The molecule has 2 aromatic carbocycles. The summed E-state index contributed by atoms with van der Waals surface area (Å²) in [5.74, 6) is -1.89. The molecular weight excluding hydrogens is 302 g/mol. The van der Waals surface area contributed by atoms with Gasteiger partial charge in [-0.1, -0.05) is 42.5 Å². The molecule has 2 bridgehead atoms. The maximum Gasteiger partial charge on any atom is 0.238 e. The second-order valence-electron chi connectivity index (χ2n) is 6.78. The second-order valence-corrected chi connectivity index (χ2v) is 6.78. The number of ketones is 1. The van der Waals surface area contributed by atoms with Crippen molar-refractivity contribution < 1.29 is 14.4 Å². The van der Waals surface area contributed by atoms with E-state index in [1.165, 1.54) is 4.90 Å². The van der Waals surface area contributed by atoms with E-state index in [0.717, 1.165) is 11.1 Å². The van der Waals surface area contributed by atoms with Gasteiger partial charge in [0, 0.05) is 12.3 Å². The highest BCUT2D eigenvalue weighted by atomic mass is 16.2. The van der Waals surface area contributed by atoms with Gasteiger partial charge in [0.15, 0.2) is 0 Å². The minimum Gasteiger partial charge on any atom is -0.299 e. The van der Waals surface area contributed by atoms with E-state index in [9.17, 15) is 14.4 Å². The predicted octanol–water partition coefficient (Wildman–Crippen LogP) is 2.65. The maximum absolute atomic E-state index is 13.1. The number of hydrogen-bond acceptors (Lipinski definition) is 3. The molecular formula is C20H15NO3. The molecule has 0 unspecified atom stereocenters. The Morgan fingerprint density at radius 2 is 1.38 bits per heavy atom. The highest BCUT2D eigenvalue weighted by Crippen LogP contribution is 2.57. The molecule has 0 N–H and O–H groups in total. The number of amides is 2. The number of hydrogen-bond donors (Lipinski definition) is 0. The zero-order chi connectivity index (χ0) is 16.4. The lowest BCUT2D eigenvalue weighted by molar-refractivity contribution is -0.134. The molecule has 1 heterocycles. The van der Waals surface area contributed by atoms with Crippen molar-refractivity contribution in [2.75, 3.05) is 4.90 Å². The summed E-state index contributed by atoms with van der Waals surface area (Å²) < 4.78 is 0. The number of carbonyl (C=O) groups excluding carboxylic acids is 3.